The van der Waals surface area contributed by atoms with Gasteiger partial charge in [0.1, 0.15) is 0 Å². The molecule has 1 aromatic heterocycles. The lowest BCUT2D eigenvalue weighted by Gasteiger charge is -2.33. The van der Waals surface area contributed by atoms with Gasteiger partial charge in [-0.3, -0.25) is 14.5 Å². The quantitative estimate of drug-likeness (QED) is 0.354. The van der Waals surface area contributed by atoms with E-state index in [9.17, 15) is 9.59 Å². The summed E-state index contributed by atoms with van der Waals surface area (Å²) in [6.07, 6.45) is 0.767. The average Bonchev–Trinajstić information content (AvgIpc) is 3.22. The molecule has 174 valence electrons. The second-order valence-electron chi connectivity index (χ2n) is 8.84. The molecular formula is C29H30N2O3. The maximum atomic E-state index is 13.5. The van der Waals surface area contributed by atoms with Crippen LogP contribution in [-0.2, 0) is 11.3 Å². The van der Waals surface area contributed by atoms with Gasteiger partial charge in [-0.05, 0) is 49.7 Å². The van der Waals surface area contributed by atoms with E-state index in [4.69, 9.17) is 4.74 Å². The lowest BCUT2D eigenvalue weighted by molar-refractivity contribution is 0.0170. The van der Waals surface area contributed by atoms with Crippen molar-refractivity contribution < 1.29 is 14.3 Å². The predicted octanol–water partition coefficient (Wildman–Crippen LogP) is 5.34. The number of morpholine rings is 1. The van der Waals surface area contributed by atoms with Crippen LogP contribution in [0.1, 0.15) is 46.5 Å². The number of hydrogen-bond donors (Lipinski definition) is 0. The second kappa shape index (κ2) is 9.53. The van der Waals surface area contributed by atoms with Crippen molar-refractivity contribution >= 4 is 33.4 Å². The molecule has 0 spiro atoms. The molecule has 0 radical (unpaired) electrons. The first-order valence-corrected chi connectivity index (χ1v) is 12.1. The minimum absolute atomic E-state index is 0.00509. The lowest BCUT2D eigenvalue weighted by atomic mass is 9.97. The van der Waals surface area contributed by atoms with Crippen LogP contribution in [0.25, 0.3) is 21.8 Å². The van der Waals surface area contributed by atoms with E-state index < -0.39 is 0 Å². The number of ether oxygens (including phenoxy) is 1. The fraction of sp³-hybridized carbons (Fsp3) is 0.310. The summed E-state index contributed by atoms with van der Waals surface area (Å²) < 4.78 is 7.72. The van der Waals surface area contributed by atoms with Gasteiger partial charge in [-0.1, -0.05) is 37.3 Å². The molecule has 1 aliphatic heterocycles. The average molecular weight is 455 g/mol. The second-order valence-corrected chi connectivity index (χ2v) is 8.84. The molecule has 0 bridgehead atoms. The van der Waals surface area contributed by atoms with Gasteiger partial charge >= 0.3 is 0 Å². The van der Waals surface area contributed by atoms with E-state index in [2.05, 4.69) is 29.4 Å². The Morgan fingerprint density at radius 1 is 0.824 bits per heavy atom. The molecule has 0 amide bonds. The topological polar surface area (TPSA) is 51.5 Å². The summed E-state index contributed by atoms with van der Waals surface area (Å²) in [6, 6.07) is 21.1. The van der Waals surface area contributed by atoms with Crippen molar-refractivity contribution in [2.45, 2.75) is 32.9 Å². The number of ketones is 2. The van der Waals surface area contributed by atoms with Gasteiger partial charge in [0.25, 0.3) is 0 Å². The van der Waals surface area contributed by atoms with Gasteiger partial charge in [-0.25, -0.2) is 0 Å². The fourth-order valence-electron chi connectivity index (χ4n) is 5.19. The van der Waals surface area contributed by atoms with E-state index in [0.29, 0.717) is 24.3 Å². The standard InChI is InChI=1S/C29H30N2O3/c1-3-25(30-14-16-34-17-15-30)29(33)22-11-13-27-24(19-22)23-18-21(10-12-26(23)31(27)4-2)28(32)20-8-6-5-7-9-20/h5-13,18-19,25H,3-4,14-17H2,1-2H3. The van der Waals surface area contributed by atoms with E-state index in [0.717, 1.165) is 53.4 Å². The summed E-state index contributed by atoms with van der Waals surface area (Å²) in [5.41, 5.74) is 4.21. The maximum absolute atomic E-state index is 13.5. The van der Waals surface area contributed by atoms with Gasteiger partial charge in [0.2, 0.25) is 0 Å². The Labute approximate surface area is 199 Å². The van der Waals surface area contributed by atoms with E-state index in [1.807, 2.05) is 60.7 Å². The van der Waals surface area contributed by atoms with Crippen LogP contribution >= 0.6 is 0 Å². The summed E-state index contributed by atoms with van der Waals surface area (Å²) in [5.74, 6) is 0.158. The molecule has 0 aliphatic carbocycles. The molecule has 1 saturated heterocycles. The monoisotopic (exact) mass is 454 g/mol. The predicted molar refractivity (Wildman–Crippen MR) is 136 cm³/mol. The van der Waals surface area contributed by atoms with E-state index >= 15 is 0 Å². The molecule has 1 atom stereocenters. The van der Waals surface area contributed by atoms with Crippen molar-refractivity contribution in [3.8, 4) is 0 Å². The zero-order valence-corrected chi connectivity index (χ0v) is 19.8. The Balaban J connectivity index is 1.59. The molecule has 0 saturated carbocycles. The third kappa shape index (κ3) is 3.95. The molecule has 3 aromatic carbocycles. The molecule has 1 aliphatic rings. The van der Waals surface area contributed by atoms with E-state index in [1.54, 1.807) is 0 Å². The number of rotatable bonds is 7. The third-order valence-electron chi connectivity index (χ3n) is 6.94. The fourth-order valence-corrected chi connectivity index (χ4v) is 5.19. The van der Waals surface area contributed by atoms with Crippen LogP contribution in [0, 0.1) is 0 Å². The number of carbonyl (C=O) groups is 2. The zero-order chi connectivity index (χ0) is 23.7. The number of Topliss-reactive ketones (excluding diaryl/α,β-unsaturated/α-hetero) is 1. The molecule has 4 aromatic rings. The van der Waals surface area contributed by atoms with Crippen molar-refractivity contribution in [2.24, 2.45) is 0 Å². The Kier molecular flexibility index (Phi) is 6.31. The van der Waals surface area contributed by atoms with E-state index in [1.165, 1.54) is 0 Å². The van der Waals surface area contributed by atoms with Gasteiger partial charge in [0, 0.05) is 58.1 Å². The van der Waals surface area contributed by atoms with Gasteiger partial charge < -0.3 is 9.30 Å². The summed E-state index contributed by atoms with van der Waals surface area (Å²) >= 11 is 0. The van der Waals surface area contributed by atoms with Gasteiger partial charge in [0.05, 0.1) is 19.3 Å². The third-order valence-corrected chi connectivity index (χ3v) is 6.94. The van der Waals surface area contributed by atoms with Gasteiger partial charge in [0.15, 0.2) is 11.6 Å². The van der Waals surface area contributed by atoms with Crippen molar-refractivity contribution in [3.05, 3.63) is 83.4 Å². The van der Waals surface area contributed by atoms with Crippen molar-refractivity contribution in [2.75, 3.05) is 26.3 Å². The Hall–Kier alpha value is -3.28. The summed E-state index contributed by atoms with van der Waals surface area (Å²) in [5, 5.41) is 2.02. The van der Waals surface area contributed by atoms with Crippen molar-refractivity contribution in [1.29, 1.82) is 0 Å². The number of aryl methyl sites for hydroxylation is 1. The molecule has 2 heterocycles. The summed E-state index contributed by atoms with van der Waals surface area (Å²) in [7, 11) is 0. The molecule has 5 heteroatoms. The van der Waals surface area contributed by atoms with Crippen LogP contribution in [0.3, 0.4) is 0 Å². The zero-order valence-electron chi connectivity index (χ0n) is 19.8. The maximum Gasteiger partial charge on any atom is 0.193 e. The van der Waals surface area contributed by atoms with Gasteiger partial charge in [-0.2, -0.15) is 0 Å². The molecule has 5 nitrogen and oxygen atoms in total. The molecule has 1 unspecified atom stereocenters. The highest BCUT2D eigenvalue weighted by Crippen LogP contribution is 2.32. The highest BCUT2D eigenvalue weighted by atomic mass is 16.5. The summed E-state index contributed by atoms with van der Waals surface area (Å²) in [4.78, 5) is 28.9. The lowest BCUT2D eigenvalue weighted by Crippen LogP contribution is -2.47. The van der Waals surface area contributed by atoms with Crippen LogP contribution in [0.4, 0.5) is 0 Å². The van der Waals surface area contributed by atoms with Gasteiger partial charge in [-0.15, -0.1) is 0 Å². The molecule has 34 heavy (non-hydrogen) atoms. The Morgan fingerprint density at radius 3 is 2.06 bits per heavy atom. The number of benzene rings is 3. The van der Waals surface area contributed by atoms with Crippen LogP contribution < -0.4 is 0 Å². The number of nitrogens with zero attached hydrogens (tertiary/aromatic N) is 2. The highest BCUT2D eigenvalue weighted by Gasteiger charge is 2.27. The number of aromatic nitrogens is 1. The summed E-state index contributed by atoms with van der Waals surface area (Å²) in [6.45, 7) is 7.91. The van der Waals surface area contributed by atoms with Crippen LogP contribution in [0.2, 0.25) is 0 Å². The first-order chi connectivity index (χ1) is 16.6. The first kappa shape index (κ1) is 22.5. The first-order valence-electron chi connectivity index (χ1n) is 12.1. The highest BCUT2D eigenvalue weighted by molar-refractivity contribution is 6.16. The molecule has 5 rings (SSSR count). The molecular weight excluding hydrogens is 424 g/mol. The molecule has 0 N–H and O–H groups in total. The number of carbonyl (C=O) groups excluding carboxylic acids is 2. The molecule has 1 fully saturated rings. The van der Waals surface area contributed by atoms with Crippen LogP contribution in [-0.4, -0.2) is 53.4 Å². The minimum Gasteiger partial charge on any atom is -0.379 e. The number of hydrogen-bond acceptors (Lipinski definition) is 4. The SMILES string of the molecule is CCC(C(=O)c1ccc2c(c1)c1cc(C(=O)c3ccccc3)ccc1n2CC)N1CCOCC1. The smallest absolute Gasteiger partial charge is 0.193 e. The van der Waals surface area contributed by atoms with Crippen LogP contribution in [0.15, 0.2) is 66.7 Å². The Bertz CT molecular complexity index is 1350. The normalized spacial score (nSPS) is 15.6. The minimum atomic E-state index is -0.143. The largest absolute Gasteiger partial charge is 0.379 e. The Morgan fingerprint density at radius 2 is 1.44 bits per heavy atom. The van der Waals surface area contributed by atoms with Crippen molar-refractivity contribution in [1.82, 2.24) is 9.47 Å². The number of fused-ring (bicyclic) bond motifs is 3. The van der Waals surface area contributed by atoms with Crippen molar-refractivity contribution in [3.63, 3.8) is 0 Å². The van der Waals surface area contributed by atoms with E-state index in [-0.39, 0.29) is 17.6 Å². The van der Waals surface area contributed by atoms with Crippen LogP contribution in [0.5, 0.6) is 0 Å².